The van der Waals surface area contributed by atoms with Gasteiger partial charge in [0, 0.05) is 11.4 Å². The molecule has 4 rings (SSSR count). The number of halogens is 1. The molecule has 1 unspecified atom stereocenters. The Balaban J connectivity index is 1.52. The highest BCUT2D eigenvalue weighted by Gasteiger charge is 2.25. The van der Waals surface area contributed by atoms with Crippen LogP contribution in [0.1, 0.15) is 38.1 Å². The number of piperidine rings is 1. The highest BCUT2D eigenvalue weighted by atomic mass is 32.2. The van der Waals surface area contributed by atoms with Crippen LogP contribution >= 0.6 is 11.8 Å². The van der Waals surface area contributed by atoms with Crippen LogP contribution in [-0.2, 0) is 4.79 Å². The zero-order valence-electron chi connectivity index (χ0n) is 18.8. The number of likely N-dealkylation sites (tertiary alicyclic amines) is 1. The van der Waals surface area contributed by atoms with Gasteiger partial charge in [-0.1, -0.05) is 18.2 Å². The third kappa shape index (κ3) is 5.72. The topological polar surface area (TPSA) is 72.3 Å². The van der Waals surface area contributed by atoms with Gasteiger partial charge in [-0.2, -0.15) is 0 Å². The number of benzene rings is 2. The van der Waals surface area contributed by atoms with Gasteiger partial charge in [-0.3, -0.25) is 14.3 Å². The molecular weight excluding hydrogens is 441 g/mol. The van der Waals surface area contributed by atoms with Gasteiger partial charge in [-0.15, -0.1) is 10.2 Å². The van der Waals surface area contributed by atoms with Crippen LogP contribution in [0, 0.1) is 5.82 Å². The number of methoxy groups -OCH3 is 1. The molecule has 1 aromatic heterocycles. The van der Waals surface area contributed by atoms with E-state index in [-0.39, 0.29) is 23.5 Å². The molecule has 1 aliphatic heterocycles. The first-order valence-corrected chi connectivity index (χ1v) is 12.1. The summed E-state index contributed by atoms with van der Waals surface area (Å²) >= 11 is 1.31. The van der Waals surface area contributed by atoms with Crippen molar-refractivity contribution < 1.29 is 13.9 Å². The van der Waals surface area contributed by atoms with Gasteiger partial charge in [-0.25, -0.2) is 4.39 Å². The lowest BCUT2D eigenvalue weighted by Gasteiger charge is -2.31. The summed E-state index contributed by atoms with van der Waals surface area (Å²) in [5, 5.41) is 12.4. The van der Waals surface area contributed by atoms with E-state index in [2.05, 4.69) is 27.3 Å². The van der Waals surface area contributed by atoms with Crippen LogP contribution in [0.25, 0.3) is 5.69 Å². The van der Waals surface area contributed by atoms with Crippen molar-refractivity contribution in [3.05, 3.63) is 60.2 Å². The number of carbonyl (C=O) groups excluding carboxylic acids is 1. The van der Waals surface area contributed by atoms with Crippen molar-refractivity contribution in [2.45, 2.75) is 37.4 Å². The number of nitrogens with one attached hydrogen (secondary N) is 1. The fourth-order valence-corrected chi connectivity index (χ4v) is 4.71. The maximum Gasteiger partial charge on any atom is 0.234 e. The van der Waals surface area contributed by atoms with Gasteiger partial charge in [0.15, 0.2) is 11.0 Å². The first-order valence-electron chi connectivity index (χ1n) is 11.1. The van der Waals surface area contributed by atoms with Crippen LogP contribution in [0.15, 0.2) is 53.7 Å². The lowest BCUT2D eigenvalue weighted by molar-refractivity contribution is -0.113. The largest absolute Gasteiger partial charge is 0.497 e. The van der Waals surface area contributed by atoms with E-state index < -0.39 is 0 Å². The molecule has 174 valence electrons. The Morgan fingerprint density at radius 3 is 2.45 bits per heavy atom. The average molecular weight is 470 g/mol. The Hall–Kier alpha value is -2.91. The number of ether oxygens (including phenoxy) is 1. The Labute approximate surface area is 197 Å². The third-order valence-electron chi connectivity index (χ3n) is 5.76. The maximum absolute atomic E-state index is 13.6. The monoisotopic (exact) mass is 469 g/mol. The van der Waals surface area contributed by atoms with Crippen LogP contribution in [0.2, 0.25) is 0 Å². The zero-order chi connectivity index (χ0) is 23.2. The van der Waals surface area contributed by atoms with Crippen LogP contribution in [0.3, 0.4) is 0 Å². The van der Waals surface area contributed by atoms with Gasteiger partial charge in [0.1, 0.15) is 11.6 Å². The van der Waals surface area contributed by atoms with Crippen molar-refractivity contribution in [1.82, 2.24) is 19.7 Å². The van der Waals surface area contributed by atoms with Gasteiger partial charge in [0.2, 0.25) is 5.91 Å². The molecule has 9 heteroatoms. The Kier molecular flexibility index (Phi) is 7.61. The van der Waals surface area contributed by atoms with Crippen molar-refractivity contribution in [2.75, 3.05) is 31.3 Å². The van der Waals surface area contributed by atoms with E-state index in [1.54, 1.807) is 43.5 Å². The normalized spacial score (nSPS) is 15.2. The van der Waals surface area contributed by atoms with Crippen molar-refractivity contribution >= 4 is 23.4 Å². The minimum absolute atomic E-state index is 0.0605. The predicted octanol–water partition coefficient (Wildman–Crippen LogP) is 4.69. The fourth-order valence-electron chi connectivity index (χ4n) is 3.95. The second kappa shape index (κ2) is 10.8. The predicted molar refractivity (Wildman–Crippen MR) is 128 cm³/mol. The van der Waals surface area contributed by atoms with Crippen molar-refractivity contribution in [3.8, 4) is 11.4 Å². The minimum atomic E-state index is -0.300. The first kappa shape index (κ1) is 23.3. The summed E-state index contributed by atoms with van der Waals surface area (Å²) in [4.78, 5) is 14.9. The molecule has 1 aliphatic rings. The Morgan fingerprint density at radius 2 is 1.79 bits per heavy atom. The molecule has 2 aromatic carbocycles. The van der Waals surface area contributed by atoms with Crippen LogP contribution in [0.4, 0.5) is 10.1 Å². The molecule has 1 amide bonds. The van der Waals surface area contributed by atoms with Crippen LogP contribution < -0.4 is 10.1 Å². The zero-order valence-corrected chi connectivity index (χ0v) is 19.6. The van der Waals surface area contributed by atoms with E-state index in [0.717, 1.165) is 30.4 Å². The van der Waals surface area contributed by atoms with Gasteiger partial charge in [0.25, 0.3) is 0 Å². The average Bonchev–Trinajstić information content (AvgIpc) is 3.27. The van der Waals surface area contributed by atoms with Crippen LogP contribution in [0.5, 0.6) is 5.75 Å². The molecule has 1 saturated heterocycles. The molecule has 33 heavy (non-hydrogen) atoms. The molecule has 2 heterocycles. The molecule has 1 fully saturated rings. The molecule has 1 N–H and O–H groups in total. The number of rotatable bonds is 8. The molecule has 1 atom stereocenters. The molecule has 0 radical (unpaired) electrons. The third-order valence-corrected chi connectivity index (χ3v) is 6.69. The number of thioether (sulfide) groups is 1. The summed E-state index contributed by atoms with van der Waals surface area (Å²) in [7, 11) is 1.60. The van der Waals surface area contributed by atoms with E-state index in [0.29, 0.717) is 10.8 Å². The van der Waals surface area contributed by atoms with E-state index >= 15 is 0 Å². The van der Waals surface area contributed by atoms with Gasteiger partial charge < -0.3 is 10.1 Å². The highest BCUT2D eigenvalue weighted by molar-refractivity contribution is 7.99. The molecule has 7 nitrogen and oxygen atoms in total. The molecule has 0 spiro atoms. The highest BCUT2D eigenvalue weighted by Crippen LogP contribution is 2.29. The summed E-state index contributed by atoms with van der Waals surface area (Å²) in [6, 6.07) is 13.5. The van der Waals surface area contributed by atoms with Gasteiger partial charge in [0.05, 0.1) is 18.9 Å². The standard InChI is InChI=1S/C24H28FN5O2S/c1-17(29-14-4-3-5-15-29)23-27-28-24(30(23)20-10-6-18(25)7-11-20)33-16-22(31)26-19-8-12-21(32-2)13-9-19/h6-13,17H,3-5,14-16H2,1-2H3,(H,26,31). The molecule has 3 aromatic rings. The second-order valence-corrected chi connectivity index (χ2v) is 8.93. The Bertz CT molecular complexity index is 1070. The molecule has 0 aliphatic carbocycles. The summed E-state index contributed by atoms with van der Waals surface area (Å²) < 4.78 is 20.7. The molecule has 0 saturated carbocycles. The van der Waals surface area contributed by atoms with E-state index in [1.165, 1.54) is 43.2 Å². The van der Waals surface area contributed by atoms with Gasteiger partial charge >= 0.3 is 0 Å². The number of hydrogen-bond acceptors (Lipinski definition) is 6. The maximum atomic E-state index is 13.6. The Morgan fingerprint density at radius 1 is 1.09 bits per heavy atom. The number of aromatic nitrogens is 3. The summed E-state index contributed by atoms with van der Waals surface area (Å²) in [6.45, 7) is 4.16. The molecule has 0 bridgehead atoms. The fraction of sp³-hybridized carbons (Fsp3) is 0.375. The number of nitrogens with zero attached hydrogens (tertiary/aromatic N) is 4. The second-order valence-electron chi connectivity index (χ2n) is 7.99. The lowest BCUT2D eigenvalue weighted by atomic mass is 10.1. The quantitative estimate of drug-likeness (QED) is 0.483. The van der Waals surface area contributed by atoms with Crippen molar-refractivity contribution in [1.29, 1.82) is 0 Å². The van der Waals surface area contributed by atoms with Crippen molar-refractivity contribution in [3.63, 3.8) is 0 Å². The summed E-state index contributed by atoms with van der Waals surface area (Å²) in [5.74, 6) is 1.24. The van der Waals surface area contributed by atoms with E-state index in [9.17, 15) is 9.18 Å². The van der Waals surface area contributed by atoms with Crippen LogP contribution in [-0.4, -0.2) is 51.5 Å². The first-order chi connectivity index (χ1) is 16.0. The number of anilines is 1. The van der Waals surface area contributed by atoms with Crippen molar-refractivity contribution in [2.24, 2.45) is 0 Å². The van der Waals surface area contributed by atoms with E-state index in [4.69, 9.17) is 4.74 Å². The lowest BCUT2D eigenvalue weighted by Crippen LogP contribution is -2.33. The van der Waals surface area contributed by atoms with Gasteiger partial charge in [-0.05, 0) is 81.4 Å². The van der Waals surface area contributed by atoms with E-state index in [1.807, 2.05) is 4.57 Å². The smallest absolute Gasteiger partial charge is 0.234 e. The number of hydrogen-bond donors (Lipinski definition) is 1. The summed E-state index contributed by atoms with van der Waals surface area (Å²) in [5.41, 5.74) is 1.47. The SMILES string of the molecule is COc1ccc(NC(=O)CSc2nnc(C(C)N3CCCCC3)n2-c2ccc(F)cc2)cc1. The summed E-state index contributed by atoms with van der Waals surface area (Å²) in [6.07, 6.45) is 3.59. The minimum Gasteiger partial charge on any atom is -0.497 e. The number of carbonyl (C=O) groups is 1. The molecular formula is C24H28FN5O2S. The number of amides is 1.